The first-order chi connectivity index (χ1) is 12.6. The lowest BCUT2D eigenvalue weighted by atomic mass is 9.93. The Morgan fingerprint density at radius 1 is 1.04 bits per heavy atom. The Hall–Kier alpha value is -2.29. The number of nitrogens with zero attached hydrogens (tertiary/aromatic N) is 3. The van der Waals surface area contributed by atoms with Crippen LogP contribution in [0.15, 0.2) is 24.4 Å². The van der Waals surface area contributed by atoms with Crippen LogP contribution in [-0.2, 0) is 0 Å². The topological polar surface area (TPSA) is 73.9 Å². The molecule has 2 rings (SSSR count). The van der Waals surface area contributed by atoms with Gasteiger partial charge in [-0.3, -0.25) is 0 Å². The van der Waals surface area contributed by atoms with E-state index < -0.39 is 29.9 Å². The molecule has 0 radical (unpaired) electrons. The van der Waals surface area contributed by atoms with Crippen molar-refractivity contribution in [3.8, 4) is 17.1 Å². The Morgan fingerprint density at radius 3 is 2.30 bits per heavy atom. The van der Waals surface area contributed by atoms with E-state index in [1.54, 1.807) is 6.92 Å². The summed E-state index contributed by atoms with van der Waals surface area (Å²) in [6.07, 6.45) is -4.00. The molecule has 9 heteroatoms. The van der Waals surface area contributed by atoms with Crippen molar-refractivity contribution in [1.82, 2.24) is 15.0 Å². The number of nitrogens with two attached hydrogens (primary N) is 1. The molecule has 2 aromatic rings. The maximum atomic E-state index is 13.4. The van der Waals surface area contributed by atoms with E-state index in [0.29, 0.717) is 12.3 Å². The van der Waals surface area contributed by atoms with Crippen molar-refractivity contribution >= 4 is 0 Å². The summed E-state index contributed by atoms with van der Waals surface area (Å²) in [7, 11) is 0. The molecule has 0 bridgehead atoms. The molecule has 0 amide bonds. The summed E-state index contributed by atoms with van der Waals surface area (Å²) in [4.78, 5) is 11.0. The van der Waals surface area contributed by atoms with E-state index >= 15 is 0 Å². The van der Waals surface area contributed by atoms with Crippen LogP contribution in [0.4, 0.5) is 17.6 Å². The number of hydrogen-bond donors (Lipinski definition) is 1. The first kappa shape index (κ1) is 21.0. The van der Waals surface area contributed by atoms with Gasteiger partial charge >= 0.3 is 0 Å². The number of aromatic nitrogens is 3. The third-order valence-electron chi connectivity index (χ3n) is 3.66. The van der Waals surface area contributed by atoms with Gasteiger partial charge in [0.05, 0.1) is 11.4 Å². The number of alkyl halides is 4. The molecule has 1 atom stereocenters. The van der Waals surface area contributed by atoms with Crippen LogP contribution in [0.1, 0.15) is 51.6 Å². The van der Waals surface area contributed by atoms with E-state index in [-0.39, 0.29) is 23.7 Å². The fraction of sp³-hybridized carbons (Fsp3) is 0.500. The van der Waals surface area contributed by atoms with Crippen molar-refractivity contribution < 1.29 is 22.3 Å². The number of halogens is 4. The van der Waals surface area contributed by atoms with Crippen LogP contribution in [-0.4, -0.2) is 27.1 Å². The summed E-state index contributed by atoms with van der Waals surface area (Å²) >= 11 is 0. The molecule has 27 heavy (non-hydrogen) atoms. The molecule has 0 aromatic carbocycles. The number of ether oxygens (including phenoxy) is 1. The molecule has 0 spiro atoms. The summed E-state index contributed by atoms with van der Waals surface area (Å²) in [6, 6.07) is 4.03. The third kappa shape index (κ3) is 5.85. The second-order valence-corrected chi connectivity index (χ2v) is 7.02. The van der Waals surface area contributed by atoms with Crippen molar-refractivity contribution in [3.05, 3.63) is 35.9 Å². The van der Waals surface area contributed by atoms with E-state index in [1.165, 1.54) is 18.2 Å². The SMILES string of the molecule is CC(C)CC(C)(N)COc1ccc(-c2ccnc(C(F)F)n2)nc1C(F)F. The molecule has 148 valence electrons. The minimum atomic E-state index is -2.91. The van der Waals surface area contributed by atoms with Crippen molar-refractivity contribution in [2.45, 2.75) is 45.6 Å². The van der Waals surface area contributed by atoms with Crippen molar-refractivity contribution in [3.63, 3.8) is 0 Å². The summed E-state index contributed by atoms with van der Waals surface area (Å²) in [5.74, 6) is -0.474. The fourth-order valence-corrected chi connectivity index (χ4v) is 2.74. The molecule has 5 nitrogen and oxygen atoms in total. The molecule has 0 aliphatic carbocycles. The van der Waals surface area contributed by atoms with Crippen LogP contribution in [0.5, 0.6) is 5.75 Å². The highest BCUT2D eigenvalue weighted by Crippen LogP contribution is 2.31. The Labute approximate surface area is 155 Å². The highest BCUT2D eigenvalue weighted by Gasteiger charge is 2.24. The highest BCUT2D eigenvalue weighted by molar-refractivity contribution is 5.55. The Kier molecular flexibility index (Phi) is 6.69. The lowest BCUT2D eigenvalue weighted by molar-refractivity contribution is 0.134. The van der Waals surface area contributed by atoms with Crippen LogP contribution in [0.3, 0.4) is 0 Å². The van der Waals surface area contributed by atoms with E-state index in [2.05, 4.69) is 15.0 Å². The Balaban J connectivity index is 2.28. The van der Waals surface area contributed by atoms with Crippen LogP contribution in [0.2, 0.25) is 0 Å². The average molecular weight is 386 g/mol. The lowest BCUT2D eigenvalue weighted by Gasteiger charge is -2.27. The number of pyridine rings is 1. The Morgan fingerprint density at radius 2 is 1.70 bits per heavy atom. The van der Waals surface area contributed by atoms with Gasteiger partial charge in [-0.1, -0.05) is 13.8 Å². The van der Waals surface area contributed by atoms with Crippen LogP contribution >= 0.6 is 0 Å². The first-order valence-corrected chi connectivity index (χ1v) is 8.41. The summed E-state index contributed by atoms with van der Waals surface area (Å²) in [5, 5.41) is 0. The van der Waals surface area contributed by atoms with Crippen LogP contribution < -0.4 is 10.5 Å². The van der Waals surface area contributed by atoms with Crippen molar-refractivity contribution in [1.29, 1.82) is 0 Å². The van der Waals surface area contributed by atoms with Crippen molar-refractivity contribution in [2.75, 3.05) is 6.61 Å². The molecule has 0 aliphatic rings. The van der Waals surface area contributed by atoms with Crippen molar-refractivity contribution in [2.24, 2.45) is 11.7 Å². The largest absolute Gasteiger partial charge is 0.490 e. The molecule has 1 unspecified atom stereocenters. The number of rotatable bonds is 8. The first-order valence-electron chi connectivity index (χ1n) is 8.41. The molecule has 0 saturated heterocycles. The molecule has 2 heterocycles. The monoisotopic (exact) mass is 386 g/mol. The molecule has 2 aromatic heterocycles. The minimum Gasteiger partial charge on any atom is -0.490 e. The van der Waals surface area contributed by atoms with E-state index in [9.17, 15) is 17.6 Å². The van der Waals surface area contributed by atoms with Gasteiger partial charge in [-0.25, -0.2) is 32.5 Å². The Bertz CT molecular complexity index is 769. The van der Waals surface area contributed by atoms with E-state index in [1.807, 2.05) is 13.8 Å². The van der Waals surface area contributed by atoms with Gasteiger partial charge < -0.3 is 10.5 Å². The molecule has 0 aliphatic heterocycles. The zero-order valence-corrected chi connectivity index (χ0v) is 15.3. The van der Waals surface area contributed by atoms with Crippen LogP contribution in [0, 0.1) is 5.92 Å². The molecular formula is C18H22F4N4O. The molecule has 0 fully saturated rings. The number of hydrogen-bond acceptors (Lipinski definition) is 5. The third-order valence-corrected chi connectivity index (χ3v) is 3.66. The standard InChI is InChI=1S/C18H22F4N4O/c1-10(2)8-18(3,23)9-27-13-5-4-11(25-14(13)15(19)20)12-6-7-24-17(26-12)16(21)22/h4-7,10,15-16H,8-9,23H2,1-3H3. The molecular weight excluding hydrogens is 364 g/mol. The average Bonchev–Trinajstić information content (AvgIpc) is 2.58. The normalized spacial score (nSPS) is 14.0. The molecule has 0 saturated carbocycles. The summed E-state index contributed by atoms with van der Waals surface area (Å²) < 4.78 is 57.8. The van der Waals surface area contributed by atoms with Gasteiger partial charge in [0.25, 0.3) is 12.9 Å². The zero-order valence-electron chi connectivity index (χ0n) is 15.3. The fourth-order valence-electron chi connectivity index (χ4n) is 2.74. The van der Waals surface area contributed by atoms with Gasteiger partial charge in [-0.15, -0.1) is 0 Å². The van der Waals surface area contributed by atoms with Gasteiger partial charge in [-0.2, -0.15) is 0 Å². The molecule has 2 N–H and O–H groups in total. The maximum absolute atomic E-state index is 13.4. The minimum absolute atomic E-state index is 0.0252. The predicted molar refractivity (Wildman–Crippen MR) is 92.7 cm³/mol. The maximum Gasteiger partial charge on any atom is 0.297 e. The van der Waals surface area contributed by atoms with Gasteiger partial charge in [0.1, 0.15) is 18.1 Å². The summed E-state index contributed by atoms with van der Waals surface area (Å²) in [5.41, 5.74) is 4.91. The second-order valence-electron chi connectivity index (χ2n) is 7.02. The van der Waals surface area contributed by atoms with Gasteiger partial charge in [0.2, 0.25) is 0 Å². The smallest absolute Gasteiger partial charge is 0.297 e. The summed E-state index contributed by atoms with van der Waals surface area (Å²) in [6.45, 7) is 5.82. The van der Waals surface area contributed by atoms with Crippen LogP contribution in [0.25, 0.3) is 11.4 Å². The predicted octanol–water partition coefficient (Wildman–Crippen LogP) is 4.56. The van der Waals surface area contributed by atoms with E-state index in [0.717, 1.165) is 6.20 Å². The lowest BCUT2D eigenvalue weighted by Crippen LogP contribution is -2.43. The van der Waals surface area contributed by atoms with Gasteiger partial charge in [0.15, 0.2) is 5.82 Å². The van der Waals surface area contributed by atoms with Gasteiger partial charge in [-0.05, 0) is 37.5 Å². The quantitative estimate of drug-likeness (QED) is 0.674. The highest BCUT2D eigenvalue weighted by atomic mass is 19.3. The van der Waals surface area contributed by atoms with E-state index in [4.69, 9.17) is 10.5 Å². The van der Waals surface area contributed by atoms with Gasteiger partial charge in [0, 0.05) is 11.7 Å². The second kappa shape index (κ2) is 8.60. The zero-order chi connectivity index (χ0) is 20.2.